The van der Waals surface area contributed by atoms with Gasteiger partial charge in [0.1, 0.15) is 0 Å². The Morgan fingerprint density at radius 3 is 2.42 bits per heavy atom. The van der Waals surface area contributed by atoms with E-state index in [1.807, 2.05) is 63.2 Å². The molecule has 0 spiro atoms. The van der Waals surface area contributed by atoms with Crippen molar-refractivity contribution in [1.82, 2.24) is 14.8 Å². The van der Waals surface area contributed by atoms with Gasteiger partial charge in [-0.2, -0.15) is 0 Å². The molecule has 0 aliphatic heterocycles. The van der Waals surface area contributed by atoms with Crippen molar-refractivity contribution in [3.63, 3.8) is 0 Å². The van der Waals surface area contributed by atoms with Crippen molar-refractivity contribution in [2.75, 3.05) is 5.32 Å². The lowest BCUT2D eigenvalue weighted by Crippen LogP contribution is -2.14. The van der Waals surface area contributed by atoms with Crippen molar-refractivity contribution in [2.24, 2.45) is 0 Å². The SMILES string of the molecule is Cc1ccc(-c2nc(C(=O)Nc3ccc(Cl)cc3Cl)nn2-c2cccc(C)c2C)cc1. The van der Waals surface area contributed by atoms with E-state index in [4.69, 9.17) is 23.2 Å². The van der Waals surface area contributed by atoms with Gasteiger partial charge in [-0.25, -0.2) is 9.67 Å². The van der Waals surface area contributed by atoms with E-state index in [2.05, 4.69) is 15.4 Å². The first-order valence-corrected chi connectivity index (χ1v) is 10.5. The predicted octanol–water partition coefficient (Wildman–Crippen LogP) is 6.42. The Morgan fingerprint density at radius 1 is 0.968 bits per heavy atom. The second kappa shape index (κ2) is 8.53. The Balaban J connectivity index is 1.80. The smallest absolute Gasteiger partial charge is 0.295 e. The third-order valence-corrected chi connectivity index (χ3v) is 5.65. The maximum atomic E-state index is 12.9. The summed E-state index contributed by atoms with van der Waals surface area (Å²) in [5.74, 6) is 0.171. The molecule has 156 valence electrons. The van der Waals surface area contributed by atoms with Gasteiger partial charge >= 0.3 is 0 Å². The van der Waals surface area contributed by atoms with E-state index >= 15 is 0 Å². The Bertz CT molecular complexity index is 1280. The van der Waals surface area contributed by atoms with E-state index in [9.17, 15) is 4.79 Å². The van der Waals surface area contributed by atoms with Crippen LogP contribution in [-0.2, 0) is 0 Å². The van der Waals surface area contributed by atoms with E-state index < -0.39 is 5.91 Å². The van der Waals surface area contributed by atoms with Gasteiger partial charge in [0.2, 0.25) is 5.82 Å². The lowest BCUT2D eigenvalue weighted by atomic mass is 10.1. The highest BCUT2D eigenvalue weighted by Gasteiger charge is 2.20. The molecule has 1 heterocycles. The summed E-state index contributed by atoms with van der Waals surface area (Å²) in [6.07, 6.45) is 0. The Kier molecular flexibility index (Phi) is 5.81. The largest absolute Gasteiger partial charge is 0.318 e. The van der Waals surface area contributed by atoms with E-state index in [1.54, 1.807) is 22.9 Å². The molecular formula is C24H20Cl2N4O. The molecule has 4 aromatic rings. The molecule has 0 aliphatic rings. The van der Waals surface area contributed by atoms with E-state index in [0.717, 1.165) is 27.9 Å². The normalized spacial score (nSPS) is 10.9. The second-order valence-electron chi connectivity index (χ2n) is 7.33. The molecule has 4 rings (SSSR count). The Labute approximate surface area is 190 Å². The molecule has 1 aromatic heterocycles. The first-order chi connectivity index (χ1) is 14.8. The monoisotopic (exact) mass is 450 g/mol. The van der Waals surface area contributed by atoms with Crippen molar-refractivity contribution in [2.45, 2.75) is 20.8 Å². The highest BCUT2D eigenvalue weighted by Crippen LogP contribution is 2.27. The number of rotatable bonds is 4. The Morgan fingerprint density at radius 2 is 1.71 bits per heavy atom. The average Bonchev–Trinajstić information content (AvgIpc) is 3.18. The molecule has 0 saturated heterocycles. The topological polar surface area (TPSA) is 59.8 Å². The summed E-state index contributed by atoms with van der Waals surface area (Å²) in [7, 11) is 0. The molecule has 1 N–H and O–H groups in total. The number of carbonyl (C=O) groups excluding carboxylic acids is 1. The summed E-state index contributed by atoms with van der Waals surface area (Å²) in [5.41, 5.74) is 5.50. The number of carbonyl (C=O) groups is 1. The molecule has 0 unspecified atom stereocenters. The standard InChI is InChI=1S/C24H20Cl2N4O/c1-14-7-9-17(10-8-14)23-28-22(24(31)27-20-12-11-18(25)13-19(20)26)29-30(23)21-6-4-5-15(2)16(21)3/h4-13H,1-3H3,(H,27,31). The fraction of sp³-hybridized carbons (Fsp3) is 0.125. The molecule has 31 heavy (non-hydrogen) atoms. The van der Waals surface area contributed by atoms with Gasteiger partial charge in [-0.15, -0.1) is 5.10 Å². The summed E-state index contributed by atoms with van der Waals surface area (Å²) >= 11 is 12.1. The van der Waals surface area contributed by atoms with Crippen molar-refractivity contribution in [3.05, 3.63) is 93.2 Å². The van der Waals surface area contributed by atoms with Crippen molar-refractivity contribution >= 4 is 34.8 Å². The summed E-state index contributed by atoms with van der Waals surface area (Å²) in [4.78, 5) is 17.5. The maximum absolute atomic E-state index is 12.9. The van der Waals surface area contributed by atoms with Crippen molar-refractivity contribution in [3.8, 4) is 17.1 Å². The summed E-state index contributed by atoms with van der Waals surface area (Å²) in [6.45, 7) is 6.09. The van der Waals surface area contributed by atoms with Crippen LogP contribution in [0.1, 0.15) is 27.3 Å². The van der Waals surface area contributed by atoms with Crippen molar-refractivity contribution < 1.29 is 4.79 Å². The van der Waals surface area contributed by atoms with Gasteiger partial charge in [0, 0.05) is 10.6 Å². The number of hydrogen-bond acceptors (Lipinski definition) is 3. The third kappa shape index (κ3) is 4.33. The number of aryl methyl sites for hydroxylation is 2. The molecule has 7 heteroatoms. The third-order valence-electron chi connectivity index (χ3n) is 5.10. The minimum atomic E-state index is -0.457. The highest BCUT2D eigenvalue weighted by atomic mass is 35.5. The zero-order valence-corrected chi connectivity index (χ0v) is 18.8. The van der Waals surface area contributed by atoms with Crippen molar-refractivity contribution in [1.29, 1.82) is 0 Å². The number of anilines is 1. The number of nitrogens with one attached hydrogen (secondary N) is 1. The predicted molar refractivity (Wildman–Crippen MR) is 125 cm³/mol. The van der Waals surface area contributed by atoms with Gasteiger partial charge in [0.15, 0.2) is 5.82 Å². The van der Waals surface area contributed by atoms with E-state index in [1.165, 1.54) is 0 Å². The van der Waals surface area contributed by atoms with E-state index in [-0.39, 0.29) is 5.82 Å². The first kappa shape index (κ1) is 21.1. The van der Waals surface area contributed by atoms with Gasteiger partial charge in [-0.05, 0) is 56.2 Å². The number of aromatic nitrogens is 3. The van der Waals surface area contributed by atoms with E-state index in [0.29, 0.717) is 21.6 Å². The van der Waals surface area contributed by atoms with Crippen LogP contribution >= 0.6 is 23.2 Å². The molecule has 0 bridgehead atoms. The molecular weight excluding hydrogens is 431 g/mol. The quantitative estimate of drug-likeness (QED) is 0.390. The summed E-state index contributed by atoms with van der Waals surface area (Å²) in [5, 5.41) is 8.14. The second-order valence-corrected chi connectivity index (χ2v) is 8.18. The van der Waals surface area contributed by atoms with Crippen LogP contribution in [0.3, 0.4) is 0 Å². The van der Waals surface area contributed by atoms with Gasteiger partial charge in [0.25, 0.3) is 5.91 Å². The fourth-order valence-corrected chi connectivity index (χ4v) is 3.66. The number of hydrogen-bond donors (Lipinski definition) is 1. The zero-order chi connectivity index (χ0) is 22.1. The number of halogens is 2. The number of nitrogens with zero attached hydrogens (tertiary/aromatic N) is 3. The molecule has 1 amide bonds. The zero-order valence-electron chi connectivity index (χ0n) is 17.3. The van der Waals surface area contributed by atoms with Crippen LogP contribution in [0.25, 0.3) is 17.1 Å². The van der Waals surface area contributed by atoms with Gasteiger partial charge < -0.3 is 5.32 Å². The molecule has 0 atom stereocenters. The van der Waals surface area contributed by atoms with Gasteiger partial charge in [-0.3, -0.25) is 4.79 Å². The molecule has 0 fully saturated rings. The first-order valence-electron chi connectivity index (χ1n) is 9.70. The molecule has 3 aromatic carbocycles. The molecule has 0 radical (unpaired) electrons. The van der Waals surface area contributed by atoms with Gasteiger partial charge in [-0.1, -0.05) is 65.2 Å². The van der Waals surface area contributed by atoms with Crippen LogP contribution in [-0.4, -0.2) is 20.7 Å². The maximum Gasteiger partial charge on any atom is 0.295 e. The fourth-order valence-electron chi connectivity index (χ4n) is 3.20. The van der Waals surface area contributed by atoms with Crippen LogP contribution in [0, 0.1) is 20.8 Å². The van der Waals surface area contributed by atoms with Crippen LogP contribution < -0.4 is 5.32 Å². The molecule has 5 nitrogen and oxygen atoms in total. The lowest BCUT2D eigenvalue weighted by molar-refractivity contribution is 0.101. The molecule has 0 aliphatic carbocycles. The van der Waals surface area contributed by atoms with Gasteiger partial charge in [0.05, 0.1) is 16.4 Å². The summed E-state index contributed by atoms with van der Waals surface area (Å²) in [6, 6.07) is 18.8. The van der Waals surface area contributed by atoms with Crippen LogP contribution in [0.4, 0.5) is 5.69 Å². The average molecular weight is 451 g/mol. The van der Waals surface area contributed by atoms with Crippen LogP contribution in [0.2, 0.25) is 10.0 Å². The van der Waals surface area contributed by atoms with Crippen LogP contribution in [0.5, 0.6) is 0 Å². The number of benzene rings is 3. The summed E-state index contributed by atoms with van der Waals surface area (Å²) < 4.78 is 1.71. The highest BCUT2D eigenvalue weighted by molar-refractivity contribution is 6.36. The lowest BCUT2D eigenvalue weighted by Gasteiger charge is -2.11. The van der Waals surface area contributed by atoms with Crippen LogP contribution in [0.15, 0.2) is 60.7 Å². The minimum absolute atomic E-state index is 0.0440. The Hall–Kier alpha value is -3.15. The molecule has 0 saturated carbocycles. The minimum Gasteiger partial charge on any atom is -0.318 e. The number of amides is 1.